The number of nitrogens with zero attached hydrogens (tertiary/aromatic N) is 1. The fraction of sp³-hybridized carbons (Fsp3) is 0.0732. The first kappa shape index (κ1) is 26.7. The molecule has 6 aromatic rings. The summed E-state index contributed by atoms with van der Waals surface area (Å²) in [5.74, 6) is 14.2. The van der Waals surface area contributed by atoms with E-state index < -0.39 is 0 Å². The van der Waals surface area contributed by atoms with Gasteiger partial charge in [-0.1, -0.05) is 133 Å². The lowest BCUT2D eigenvalue weighted by Gasteiger charge is -2.33. The lowest BCUT2D eigenvalue weighted by Crippen LogP contribution is -2.27. The highest BCUT2D eigenvalue weighted by Crippen LogP contribution is 2.44. The largest absolute Gasteiger partial charge is 0.337 e. The first-order valence-corrected chi connectivity index (χ1v) is 14.3. The molecular weight excluding hydrogens is 506 g/mol. The van der Waals surface area contributed by atoms with E-state index in [-0.39, 0.29) is 6.04 Å². The molecule has 1 nitrogen and oxygen atoms in total. The molecule has 42 heavy (non-hydrogen) atoms. The molecule has 200 valence electrons. The molecule has 0 aliphatic heterocycles. The normalized spacial score (nSPS) is 10.5. The highest BCUT2D eigenvalue weighted by Gasteiger charge is 2.25. The van der Waals surface area contributed by atoms with Gasteiger partial charge in [-0.15, -0.1) is 0 Å². The molecule has 0 fully saturated rings. The van der Waals surface area contributed by atoms with E-state index in [1.54, 1.807) is 0 Å². The zero-order valence-corrected chi connectivity index (χ0v) is 23.9. The Morgan fingerprint density at radius 1 is 0.452 bits per heavy atom. The summed E-state index contributed by atoms with van der Waals surface area (Å²) >= 11 is 0. The van der Waals surface area contributed by atoms with Crippen molar-refractivity contribution in [1.82, 2.24) is 0 Å². The quantitative estimate of drug-likeness (QED) is 0.202. The highest BCUT2D eigenvalue weighted by atomic mass is 15.2. The summed E-state index contributed by atoms with van der Waals surface area (Å²) in [7, 11) is 0. The van der Waals surface area contributed by atoms with Gasteiger partial charge in [0.2, 0.25) is 0 Å². The molecule has 1 heteroatoms. The Hall–Kier alpha value is -5.50. The summed E-state index contributed by atoms with van der Waals surface area (Å²) in [6, 6.07) is 50.4. The fourth-order valence-corrected chi connectivity index (χ4v) is 5.40. The third-order valence-corrected chi connectivity index (χ3v) is 7.25. The van der Waals surface area contributed by atoms with Crippen molar-refractivity contribution < 1.29 is 0 Å². The van der Waals surface area contributed by atoms with Gasteiger partial charge < -0.3 is 4.90 Å². The molecule has 0 N–H and O–H groups in total. The predicted molar refractivity (Wildman–Crippen MR) is 178 cm³/mol. The molecule has 0 saturated carbocycles. The van der Waals surface area contributed by atoms with E-state index in [9.17, 15) is 0 Å². The summed E-state index contributed by atoms with van der Waals surface area (Å²) in [6.45, 7) is 4.48. The van der Waals surface area contributed by atoms with E-state index in [2.05, 4.69) is 152 Å². The Labute approximate surface area is 249 Å². The third kappa shape index (κ3) is 5.55. The summed E-state index contributed by atoms with van der Waals surface area (Å²) < 4.78 is 0. The van der Waals surface area contributed by atoms with E-state index >= 15 is 0 Å². The van der Waals surface area contributed by atoms with Crippen LogP contribution in [0.2, 0.25) is 0 Å². The van der Waals surface area contributed by atoms with Crippen LogP contribution < -0.4 is 4.90 Å². The van der Waals surface area contributed by atoms with Crippen LogP contribution in [-0.2, 0) is 0 Å². The van der Waals surface area contributed by atoms with Gasteiger partial charge in [-0.05, 0) is 55.8 Å². The third-order valence-electron chi connectivity index (χ3n) is 7.25. The van der Waals surface area contributed by atoms with Crippen LogP contribution in [-0.4, -0.2) is 6.04 Å². The van der Waals surface area contributed by atoms with Crippen molar-refractivity contribution in [3.8, 4) is 34.8 Å². The Morgan fingerprint density at radius 3 is 1.45 bits per heavy atom. The van der Waals surface area contributed by atoms with Crippen molar-refractivity contribution in [2.75, 3.05) is 4.90 Å². The van der Waals surface area contributed by atoms with Gasteiger partial charge in [0.15, 0.2) is 0 Å². The number of hydrogen-bond donors (Lipinski definition) is 0. The van der Waals surface area contributed by atoms with Gasteiger partial charge in [-0.3, -0.25) is 0 Å². The van der Waals surface area contributed by atoms with Crippen molar-refractivity contribution in [2.45, 2.75) is 19.9 Å². The summed E-state index contributed by atoms with van der Waals surface area (Å²) in [4.78, 5) is 2.41. The molecular formula is C41H31N. The van der Waals surface area contributed by atoms with E-state index in [4.69, 9.17) is 0 Å². The molecule has 0 aliphatic rings. The molecule has 6 rings (SSSR count). The second-order valence-corrected chi connectivity index (χ2v) is 10.4. The molecule has 0 unspecified atom stereocenters. The van der Waals surface area contributed by atoms with E-state index in [0.717, 1.165) is 55.5 Å². The molecule has 0 radical (unpaired) electrons. The van der Waals surface area contributed by atoms with Crippen LogP contribution in [0.15, 0.2) is 146 Å². The van der Waals surface area contributed by atoms with Crippen molar-refractivity contribution >= 4 is 22.1 Å². The SMILES string of the molecule is CC(C)N(c1ccccc1)c1c(C#Cc2ccccc2)c(-c2ccccc2)c(C#Cc2ccccc2)c2ccccc12. The first-order chi connectivity index (χ1) is 20.7. The summed E-state index contributed by atoms with van der Waals surface area (Å²) in [6.07, 6.45) is 0. The first-order valence-electron chi connectivity index (χ1n) is 14.3. The molecule has 0 heterocycles. The zero-order valence-electron chi connectivity index (χ0n) is 23.9. The summed E-state index contributed by atoms with van der Waals surface area (Å²) in [5, 5.41) is 2.24. The maximum atomic E-state index is 3.67. The van der Waals surface area contributed by atoms with E-state index in [0.29, 0.717) is 0 Å². The highest BCUT2D eigenvalue weighted by molar-refractivity contribution is 6.08. The molecule has 0 spiro atoms. The molecule has 0 aliphatic carbocycles. The maximum Gasteiger partial charge on any atom is 0.0659 e. The van der Waals surface area contributed by atoms with Gasteiger partial charge >= 0.3 is 0 Å². The number of rotatable bonds is 4. The number of anilines is 2. The Morgan fingerprint density at radius 2 is 0.905 bits per heavy atom. The van der Waals surface area contributed by atoms with Gasteiger partial charge in [0.25, 0.3) is 0 Å². The molecule has 0 bridgehead atoms. The molecule has 0 saturated heterocycles. The molecule has 6 aromatic carbocycles. The van der Waals surface area contributed by atoms with Gasteiger partial charge in [-0.25, -0.2) is 0 Å². The minimum Gasteiger partial charge on any atom is -0.337 e. The standard InChI is InChI=1S/C41H31N/c1-31(2)42(35-23-13-6-14-24-35)41-38-26-16-15-25-36(38)37(29-27-32-17-7-3-8-18-32)40(34-21-11-5-12-22-34)39(41)30-28-33-19-9-4-10-20-33/h3-26,31H,1-2H3. The van der Waals surface area contributed by atoms with E-state index in [1.165, 1.54) is 0 Å². The lowest BCUT2D eigenvalue weighted by molar-refractivity contribution is 0.791. The van der Waals surface area contributed by atoms with Crippen LogP contribution in [0.5, 0.6) is 0 Å². The van der Waals surface area contributed by atoms with Gasteiger partial charge in [0.1, 0.15) is 0 Å². The monoisotopic (exact) mass is 537 g/mol. The number of hydrogen-bond acceptors (Lipinski definition) is 1. The fourth-order valence-electron chi connectivity index (χ4n) is 5.40. The lowest BCUT2D eigenvalue weighted by atomic mass is 9.87. The smallest absolute Gasteiger partial charge is 0.0659 e. The van der Waals surface area contributed by atoms with Crippen LogP contribution >= 0.6 is 0 Å². The summed E-state index contributed by atoms with van der Waals surface area (Å²) in [5.41, 5.74) is 8.28. The van der Waals surface area contributed by atoms with Crippen LogP contribution in [0, 0.1) is 23.7 Å². The molecule has 0 amide bonds. The van der Waals surface area contributed by atoms with Crippen molar-refractivity contribution in [3.63, 3.8) is 0 Å². The van der Waals surface area contributed by atoms with Crippen LogP contribution in [0.25, 0.3) is 21.9 Å². The minimum absolute atomic E-state index is 0.179. The topological polar surface area (TPSA) is 3.24 Å². The van der Waals surface area contributed by atoms with Crippen LogP contribution in [0.1, 0.15) is 36.1 Å². The zero-order chi connectivity index (χ0) is 28.7. The number of benzene rings is 6. The van der Waals surface area contributed by atoms with Crippen molar-refractivity contribution in [2.24, 2.45) is 0 Å². The Balaban J connectivity index is 1.78. The Bertz CT molecular complexity index is 1930. The minimum atomic E-state index is 0.179. The second kappa shape index (κ2) is 12.3. The van der Waals surface area contributed by atoms with Crippen molar-refractivity contribution in [1.29, 1.82) is 0 Å². The van der Waals surface area contributed by atoms with Gasteiger partial charge in [0.05, 0.1) is 11.3 Å². The van der Waals surface area contributed by atoms with Crippen molar-refractivity contribution in [3.05, 3.63) is 168 Å². The maximum absolute atomic E-state index is 3.67. The number of para-hydroxylation sites is 1. The average molecular weight is 538 g/mol. The predicted octanol–water partition coefficient (Wildman–Crippen LogP) is 9.85. The van der Waals surface area contributed by atoms with Crippen LogP contribution in [0.4, 0.5) is 11.4 Å². The Kier molecular flexibility index (Phi) is 7.85. The van der Waals surface area contributed by atoms with Gasteiger partial charge in [-0.2, -0.15) is 0 Å². The van der Waals surface area contributed by atoms with Crippen LogP contribution in [0.3, 0.4) is 0 Å². The average Bonchev–Trinajstić information content (AvgIpc) is 3.05. The second-order valence-electron chi connectivity index (χ2n) is 10.4. The van der Waals surface area contributed by atoms with E-state index in [1.807, 2.05) is 36.4 Å². The molecule has 0 atom stereocenters. The number of fused-ring (bicyclic) bond motifs is 1. The molecule has 0 aromatic heterocycles. The van der Waals surface area contributed by atoms with Gasteiger partial charge in [0, 0.05) is 44.8 Å².